The van der Waals surface area contributed by atoms with E-state index in [-0.39, 0.29) is 11.8 Å². The van der Waals surface area contributed by atoms with E-state index < -0.39 is 0 Å². The SMILES string of the molecule is COc1cc(/C=C/C=C/C(=O)N2CCCN(CCN3CCCN(C(=O)/C=C/C=C/c4cc(OC)c(OC)c(OC)c4)CC3)CC2)cc(OC)c1OC. The van der Waals surface area contributed by atoms with Gasteiger partial charge in [-0.15, -0.1) is 0 Å². The van der Waals surface area contributed by atoms with Gasteiger partial charge in [-0.05, 0) is 61.3 Å². The minimum Gasteiger partial charge on any atom is -0.493 e. The van der Waals surface area contributed by atoms with Crippen molar-refractivity contribution in [2.75, 3.05) is 108 Å². The van der Waals surface area contributed by atoms with Gasteiger partial charge in [0.05, 0.1) is 42.7 Å². The standard InChI is InChI=1S/C40H54N4O8/c1-47-33-27-31(28-34(48-2)39(33)51-5)13-7-9-15-37(45)43-19-11-17-41(23-25-43)21-22-42-18-12-20-44(26-24-42)38(46)16-10-8-14-32-29-35(49-3)40(52-6)36(30-32)50-4/h7-10,13-16,27-30H,11-12,17-26H2,1-6H3/b13-7+,14-8+,15-9+,16-10+. The first-order valence-corrected chi connectivity index (χ1v) is 17.7. The van der Waals surface area contributed by atoms with E-state index in [1.165, 1.54) is 0 Å². The van der Waals surface area contributed by atoms with E-state index >= 15 is 0 Å². The molecule has 12 heteroatoms. The molecule has 0 unspecified atom stereocenters. The summed E-state index contributed by atoms with van der Waals surface area (Å²) in [5.41, 5.74) is 1.74. The summed E-state index contributed by atoms with van der Waals surface area (Å²) >= 11 is 0. The third-order valence-electron chi connectivity index (χ3n) is 9.18. The fraction of sp³-hybridized carbons (Fsp3) is 0.450. The molecule has 0 aromatic heterocycles. The molecule has 2 aliphatic rings. The highest BCUT2D eigenvalue weighted by Gasteiger charge is 2.21. The van der Waals surface area contributed by atoms with Crippen molar-refractivity contribution in [1.82, 2.24) is 19.6 Å². The van der Waals surface area contributed by atoms with Crippen LogP contribution in [0.1, 0.15) is 24.0 Å². The lowest BCUT2D eigenvalue weighted by atomic mass is 10.1. The number of hydrogen-bond donors (Lipinski definition) is 0. The Morgan fingerprint density at radius 2 is 0.865 bits per heavy atom. The van der Waals surface area contributed by atoms with Gasteiger partial charge in [-0.3, -0.25) is 9.59 Å². The van der Waals surface area contributed by atoms with Crippen LogP contribution in [0.25, 0.3) is 12.2 Å². The molecule has 0 atom stereocenters. The van der Waals surface area contributed by atoms with Gasteiger partial charge in [0.25, 0.3) is 0 Å². The Balaban J connectivity index is 1.19. The van der Waals surface area contributed by atoms with Crippen LogP contribution in [0.5, 0.6) is 34.5 Å². The molecule has 0 aliphatic carbocycles. The number of rotatable bonds is 15. The average molecular weight is 719 g/mol. The molecule has 2 aromatic rings. The fourth-order valence-electron chi connectivity index (χ4n) is 6.33. The molecule has 2 aromatic carbocycles. The third-order valence-corrected chi connectivity index (χ3v) is 9.18. The highest BCUT2D eigenvalue weighted by Crippen LogP contribution is 2.39. The van der Waals surface area contributed by atoms with Gasteiger partial charge in [-0.1, -0.05) is 36.5 Å². The van der Waals surface area contributed by atoms with E-state index in [0.717, 1.165) is 76.3 Å². The van der Waals surface area contributed by atoms with E-state index in [2.05, 4.69) is 9.80 Å². The van der Waals surface area contributed by atoms with Crippen LogP contribution in [0.15, 0.2) is 60.7 Å². The van der Waals surface area contributed by atoms with Crippen LogP contribution in [0.4, 0.5) is 0 Å². The second kappa shape index (κ2) is 20.8. The molecule has 282 valence electrons. The van der Waals surface area contributed by atoms with Gasteiger partial charge in [0, 0.05) is 64.5 Å². The van der Waals surface area contributed by atoms with Gasteiger partial charge in [-0.25, -0.2) is 0 Å². The Morgan fingerprint density at radius 1 is 0.500 bits per heavy atom. The van der Waals surface area contributed by atoms with Gasteiger partial charge >= 0.3 is 0 Å². The maximum absolute atomic E-state index is 13.0. The molecule has 4 rings (SSSR count). The molecule has 0 bridgehead atoms. The zero-order valence-electron chi connectivity index (χ0n) is 31.5. The van der Waals surface area contributed by atoms with E-state index in [4.69, 9.17) is 28.4 Å². The smallest absolute Gasteiger partial charge is 0.246 e. The normalized spacial score (nSPS) is 16.4. The highest BCUT2D eigenvalue weighted by molar-refractivity contribution is 5.88. The Hall–Kier alpha value is -4.94. The van der Waals surface area contributed by atoms with Crippen molar-refractivity contribution >= 4 is 24.0 Å². The van der Waals surface area contributed by atoms with E-state index in [1.807, 2.05) is 58.4 Å². The molecule has 0 saturated carbocycles. The van der Waals surface area contributed by atoms with Crippen molar-refractivity contribution in [2.24, 2.45) is 0 Å². The molecule has 0 spiro atoms. The van der Waals surface area contributed by atoms with Gasteiger partial charge in [0.15, 0.2) is 23.0 Å². The van der Waals surface area contributed by atoms with Crippen LogP contribution in [0, 0.1) is 0 Å². The quantitative estimate of drug-likeness (QED) is 0.191. The predicted molar refractivity (Wildman–Crippen MR) is 204 cm³/mol. The molecule has 0 radical (unpaired) electrons. The number of carbonyl (C=O) groups excluding carboxylic acids is 2. The molecule has 52 heavy (non-hydrogen) atoms. The summed E-state index contributed by atoms with van der Waals surface area (Å²) in [5.74, 6) is 3.41. The molecule has 2 saturated heterocycles. The van der Waals surface area contributed by atoms with Crippen LogP contribution in [0.2, 0.25) is 0 Å². The van der Waals surface area contributed by atoms with Crippen molar-refractivity contribution in [1.29, 1.82) is 0 Å². The zero-order chi connectivity index (χ0) is 37.3. The predicted octanol–water partition coefficient (Wildman–Crippen LogP) is 4.65. The summed E-state index contributed by atoms with van der Waals surface area (Å²) in [6.07, 6.45) is 16.1. The summed E-state index contributed by atoms with van der Waals surface area (Å²) in [6.45, 7) is 8.35. The summed E-state index contributed by atoms with van der Waals surface area (Å²) in [6, 6.07) is 7.43. The minimum atomic E-state index is 0.0133. The van der Waals surface area contributed by atoms with Gasteiger partial charge < -0.3 is 48.0 Å². The summed E-state index contributed by atoms with van der Waals surface area (Å²) in [5, 5.41) is 0. The lowest BCUT2D eigenvalue weighted by Crippen LogP contribution is -2.39. The number of hydrogen-bond acceptors (Lipinski definition) is 10. The Labute approximate surface area is 308 Å². The number of carbonyl (C=O) groups is 2. The largest absolute Gasteiger partial charge is 0.493 e. The summed E-state index contributed by atoms with van der Waals surface area (Å²) in [7, 11) is 9.48. The number of methoxy groups -OCH3 is 6. The molecular formula is C40H54N4O8. The van der Waals surface area contributed by atoms with Crippen LogP contribution in [-0.4, -0.2) is 140 Å². The van der Waals surface area contributed by atoms with Crippen molar-refractivity contribution in [3.05, 3.63) is 71.8 Å². The molecule has 12 nitrogen and oxygen atoms in total. The first-order chi connectivity index (χ1) is 25.3. The van der Waals surface area contributed by atoms with Gasteiger partial charge in [0.1, 0.15) is 0 Å². The second-order valence-electron chi connectivity index (χ2n) is 12.4. The van der Waals surface area contributed by atoms with Crippen LogP contribution >= 0.6 is 0 Å². The Bertz CT molecular complexity index is 1440. The molecule has 2 aliphatic heterocycles. The number of benzene rings is 2. The van der Waals surface area contributed by atoms with Crippen molar-refractivity contribution in [3.8, 4) is 34.5 Å². The van der Waals surface area contributed by atoms with Crippen molar-refractivity contribution < 1.29 is 38.0 Å². The zero-order valence-corrected chi connectivity index (χ0v) is 31.5. The molecule has 2 amide bonds. The third kappa shape index (κ3) is 11.3. The maximum atomic E-state index is 13.0. The van der Waals surface area contributed by atoms with Crippen LogP contribution in [-0.2, 0) is 9.59 Å². The average Bonchev–Trinajstić information content (AvgIpc) is 3.57. The number of ether oxygens (including phenoxy) is 6. The topological polar surface area (TPSA) is 102 Å². The summed E-state index contributed by atoms with van der Waals surface area (Å²) in [4.78, 5) is 34.7. The van der Waals surface area contributed by atoms with Crippen LogP contribution < -0.4 is 28.4 Å². The first-order valence-electron chi connectivity index (χ1n) is 17.7. The first kappa shape index (κ1) is 39.8. The molecule has 2 fully saturated rings. The summed E-state index contributed by atoms with van der Waals surface area (Å²) < 4.78 is 32.5. The number of allylic oxidation sites excluding steroid dienone is 4. The highest BCUT2D eigenvalue weighted by atomic mass is 16.5. The molecule has 2 heterocycles. The lowest BCUT2D eigenvalue weighted by molar-refractivity contribution is -0.126. The van der Waals surface area contributed by atoms with E-state index in [9.17, 15) is 9.59 Å². The van der Waals surface area contributed by atoms with Gasteiger partial charge in [-0.2, -0.15) is 0 Å². The number of amides is 2. The van der Waals surface area contributed by atoms with Crippen molar-refractivity contribution in [2.45, 2.75) is 12.8 Å². The molecule has 0 N–H and O–H groups in total. The second-order valence-corrected chi connectivity index (χ2v) is 12.4. The molecular weight excluding hydrogens is 664 g/mol. The lowest BCUT2D eigenvalue weighted by Gasteiger charge is -2.26. The number of nitrogens with zero attached hydrogens (tertiary/aromatic N) is 4. The van der Waals surface area contributed by atoms with E-state index in [1.54, 1.807) is 67.0 Å². The maximum Gasteiger partial charge on any atom is 0.246 e. The fourth-order valence-corrected chi connectivity index (χ4v) is 6.33. The minimum absolute atomic E-state index is 0.0133. The monoisotopic (exact) mass is 718 g/mol. The van der Waals surface area contributed by atoms with Gasteiger partial charge in [0.2, 0.25) is 23.3 Å². The Kier molecular flexibility index (Phi) is 15.9. The van der Waals surface area contributed by atoms with E-state index in [0.29, 0.717) is 47.6 Å². The Morgan fingerprint density at radius 3 is 1.19 bits per heavy atom. The van der Waals surface area contributed by atoms with Crippen molar-refractivity contribution in [3.63, 3.8) is 0 Å². The van der Waals surface area contributed by atoms with Crippen LogP contribution in [0.3, 0.4) is 0 Å².